The van der Waals surface area contributed by atoms with Crippen molar-refractivity contribution in [3.8, 4) is 0 Å². The number of nitrogens with one attached hydrogen (secondary N) is 2. The van der Waals surface area contributed by atoms with Crippen molar-refractivity contribution in [2.75, 3.05) is 23.7 Å². The van der Waals surface area contributed by atoms with Crippen LogP contribution in [0.1, 0.15) is 25.7 Å². The molecule has 0 bridgehead atoms. The highest BCUT2D eigenvalue weighted by atomic mass is 35.5. The summed E-state index contributed by atoms with van der Waals surface area (Å²) in [5.74, 6) is 0.564. The summed E-state index contributed by atoms with van der Waals surface area (Å²) in [6.45, 7) is 1.12. The summed E-state index contributed by atoms with van der Waals surface area (Å²) in [5.41, 5.74) is 24.8. The van der Waals surface area contributed by atoms with Gasteiger partial charge in [0.05, 0.1) is 0 Å². The van der Waals surface area contributed by atoms with Crippen molar-refractivity contribution in [3.63, 3.8) is 0 Å². The minimum atomic E-state index is -4.64. The van der Waals surface area contributed by atoms with Gasteiger partial charge in [-0.05, 0) is 61.4 Å². The van der Waals surface area contributed by atoms with Crippen molar-refractivity contribution in [2.24, 2.45) is 42.9 Å². The largest absolute Gasteiger partial charge is 0.466 e. The number of hydrogen-bond acceptors (Lipinski definition) is 4. The number of halogens is 2. The molecule has 0 aliphatic carbocycles. The van der Waals surface area contributed by atoms with Gasteiger partial charge in [-0.15, -0.1) is 0 Å². The highest BCUT2D eigenvalue weighted by molar-refractivity contribution is 7.45. The Balaban J connectivity index is 0.00000159. The number of aliphatic imine (C=N–C) groups is 4. The quantitative estimate of drug-likeness (QED) is 0.0763. The molecule has 0 aromatic heterocycles. The highest BCUT2D eigenvalue weighted by Gasteiger charge is 2.01. The second-order valence-corrected chi connectivity index (χ2v) is 11.1. The van der Waals surface area contributed by atoms with Gasteiger partial charge in [-0.1, -0.05) is 36.0 Å². The molecule has 16 N–H and O–H groups in total. The van der Waals surface area contributed by atoms with Crippen LogP contribution >= 0.6 is 38.8 Å². The molecule has 246 valence electrons. The summed E-state index contributed by atoms with van der Waals surface area (Å²) in [7, 11) is -9.28. The van der Waals surface area contributed by atoms with Crippen LogP contribution in [0, 0.1) is 0 Å². The minimum Gasteiger partial charge on any atom is -0.369 e. The number of nitrogens with zero attached hydrogens (tertiary/aromatic N) is 4. The van der Waals surface area contributed by atoms with Crippen LogP contribution in [-0.4, -0.2) is 66.3 Å². The van der Waals surface area contributed by atoms with Crippen LogP contribution < -0.4 is 33.6 Å². The molecule has 0 saturated carbocycles. The Morgan fingerprint density at radius 2 is 0.864 bits per heavy atom. The van der Waals surface area contributed by atoms with E-state index in [-0.39, 0.29) is 23.8 Å². The fraction of sp³-hybridized carbons (Fsp3) is 0.273. The zero-order valence-corrected chi connectivity index (χ0v) is 26.4. The van der Waals surface area contributed by atoms with Gasteiger partial charge in [0.2, 0.25) is 23.8 Å². The van der Waals surface area contributed by atoms with Gasteiger partial charge in [0, 0.05) is 34.5 Å². The Morgan fingerprint density at radius 1 is 0.591 bits per heavy atom. The third-order valence-corrected chi connectivity index (χ3v) is 4.82. The van der Waals surface area contributed by atoms with E-state index in [0.717, 1.165) is 37.1 Å². The molecule has 18 nitrogen and oxygen atoms in total. The maximum absolute atomic E-state index is 8.88. The standard InChI is InChI=1S/C22H30Cl2N10.2H3O4P/c23-15-5-9-17(10-6-15)31-21(27)33-19(25)29-13-3-1-2-4-14-30-20(26)34-22(28)32-18-11-7-16(24)8-12-18;2*1-5(2,3)4/h5-12H,1-4,13-14H2,(H5,25,27,29,31,33)(H5,26,28,30,32,34);2*(H3,1,2,3,4). The maximum atomic E-state index is 8.88. The van der Waals surface area contributed by atoms with E-state index in [1.165, 1.54) is 0 Å². The van der Waals surface area contributed by atoms with Crippen LogP contribution in [0.25, 0.3) is 0 Å². The molecule has 0 heterocycles. The number of anilines is 2. The number of benzene rings is 2. The first-order valence-corrected chi connectivity index (χ1v) is 16.1. The summed E-state index contributed by atoms with van der Waals surface area (Å²) in [4.78, 5) is 59.6. The lowest BCUT2D eigenvalue weighted by molar-refractivity contribution is 0.272. The Labute approximate surface area is 263 Å². The van der Waals surface area contributed by atoms with E-state index in [2.05, 4.69) is 30.6 Å². The van der Waals surface area contributed by atoms with Crippen molar-refractivity contribution >= 4 is 74.1 Å². The fourth-order valence-electron chi connectivity index (χ4n) is 2.70. The number of guanidine groups is 4. The van der Waals surface area contributed by atoms with Crippen LogP contribution in [0.4, 0.5) is 11.4 Å². The number of rotatable bonds is 9. The van der Waals surface area contributed by atoms with Gasteiger partial charge in [0.1, 0.15) is 0 Å². The first kappa shape index (κ1) is 40.7. The number of unbranched alkanes of at least 4 members (excludes halogenated alkanes) is 3. The van der Waals surface area contributed by atoms with Gasteiger partial charge < -0.3 is 62.9 Å². The smallest absolute Gasteiger partial charge is 0.369 e. The van der Waals surface area contributed by atoms with Crippen molar-refractivity contribution < 1.29 is 38.5 Å². The van der Waals surface area contributed by atoms with Gasteiger partial charge in [0.25, 0.3) is 0 Å². The second kappa shape index (κ2) is 21.4. The molecule has 0 amide bonds. The zero-order valence-electron chi connectivity index (χ0n) is 23.1. The van der Waals surface area contributed by atoms with E-state index in [4.69, 9.17) is 84.6 Å². The molecule has 2 rings (SSSR count). The number of nitrogens with two attached hydrogens (primary N) is 4. The molecule has 44 heavy (non-hydrogen) atoms. The van der Waals surface area contributed by atoms with E-state index >= 15 is 0 Å². The summed E-state index contributed by atoms with van der Waals surface area (Å²) in [5, 5.41) is 7.11. The average molecular weight is 701 g/mol. The van der Waals surface area contributed by atoms with Gasteiger partial charge in [-0.25, -0.2) is 9.13 Å². The molecule has 2 aromatic carbocycles. The molecular weight excluding hydrogens is 665 g/mol. The van der Waals surface area contributed by atoms with Crippen LogP contribution in [-0.2, 0) is 9.13 Å². The molecule has 0 unspecified atom stereocenters. The molecule has 0 aliphatic heterocycles. The molecule has 0 saturated heterocycles. The number of phosphoric acid groups is 2. The normalized spacial score (nSPS) is 12.8. The van der Waals surface area contributed by atoms with Crippen LogP contribution in [0.3, 0.4) is 0 Å². The van der Waals surface area contributed by atoms with Crippen LogP contribution in [0.2, 0.25) is 10.0 Å². The van der Waals surface area contributed by atoms with Crippen LogP contribution in [0.15, 0.2) is 68.5 Å². The Hall–Kier alpha value is -3.28. The molecule has 0 fully saturated rings. The average Bonchev–Trinajstić information content (AvgIpc) is 2.86. The van der Waals surface area contributed by atoms with Gasteiger partial charge in [-0.3, -0.25) is 9.98 Å². The predicted molar refractivity (Wildman–Crippen MR) is 173 cm³/mol. The van der Waals surface area contributed by atoms with Gasteiger partial charge in [0.15, 0.2) is 0 Å². The fourth-order valence-corrected chi connectivity index (χ4v) is 2.95. The zero-order chi connectivity index (χ0) is 33.8. The summed E-state index contributed by atoms with van der Waals surface area (Å²) in [6, 6.07) is 14.1. The van der Waals surface area contributed by atoms with Gasteiger partial charge in [-0.2, -0.15) is 9.98 Å². The van der Waals surface area contributed by atoms with E-state index < -0.39 is 15.6 Å². The molecular formula is C22H36Cl2N10O8P2. The van der Waals surface area contributed by atoms with Crippen molar-refractivity contribution in [1.29, 1.82) is 0 Å². The van der Waals surface area contributed by atoms with E-state index in [9.17, 15) is 0 Å². The molecule has 0 aliphatic rings. The predicted octanol–water partition coefficient (Wildman–Crippen LogP) is 1.48. The van der Waals surface area contributed by atoms with Crippen molar-refractivity contribution in [2.45, 2.75) is 25.7 Å². The Kier molecular flexibility index (Phi) is 19.8. The van der Waals surface area contributed by atoms with E-state index in [0.29, 0.717) is 23.1 Å². The Bertz CT molecular complexity index is 1230. The number of hydrogen-bond donors (Lipinski definition) is 12. The van der Waals surface area contributed by atoms with Crippen molar-refractivity contribution in [3.05, 3.63) is 58.6 Å². The molecule has 0 spiro atoms. The van der Waals surface area contributed by atoms with E-state index in [1.807, 2.05) is 0 Å². The molecule has 0 atom stereocenters. The summed E-state index contributed by atoms with van der Waals surface area (Å²) in [6.07, 6.45) is 3.68. The lowest BCUT2D eigenvalue weighted by Gasteiger charge is -2.05. The van der Waals surface area contributed by atoms with E-state index in [1.54, 1.807) is 48.5 Å². The third-order valence-electron chi connectivity index (χ3n) is 4.32. The topological polar surface area (TPSA) is 333 Å². The van der Waals surface area contributed by atoms with Crippen molar-refractivity contribution in [1.82, 2.24) is 0 Å². The third kappa shape index (κ3) is 28.8. The summed E-state index contributed by atoms with van der Waals surface area (Å²) >= 11 is 11.7. The maximum Gasteiger partial charge on any atom is 0.466 e. The lowest BCUT2D eigenvalue weighted by atomic mass is 10.2. The first-order chi connectivity index (χ1) is 20.3. The Morgan fingerprint density at radius 3 is 1.14 bits per heavy atom. The molecule has 2 aromatic rings. The second-order valence-electron chi connectivity index (χ2n) is 8.18. The van der Waals surface area contributed by atoms with Gasteiger partial charge >= 0.3 is 15.6 Å². The SMILES string of the molecule is NC(=NCCCCCCN=C(N)/N=C(\N)Nc1ccc(Cl)cc1)/N=C(\N)Nc1ccc(Cl)cc1.O=P(O)(O)O.O=P(O)(O)O. The first-order valence-electron chi connectivity index (χ1n) is 12.2. The molecule has 0 radical (unpaired) electrons. The monoisotopic (exact) mass is 700 g/mol. The highest BCUT2D eigenvalue weighted by Crippen LogP contribution is 2.26. The minimum absolute atomic E-state index is 0.124. The summed E-state index contributed by atoms with van der Waals surface area (Å²) < 4.78 is 17.8. The lowest BCUT2D eigenvalue weighted by Crippen LogP contribution is -2.26. The molecule has 22 heteroatoms. The van der Waals surface area contributed by atoms with Crippen LogP contribution in [0.5, 0.6) is 0 Å².